The Labute approximate surface area is 118 Å². The maximum atomic E-state index is 5.98. The number of nitrogens with zero attached hydrogens (tertiary/aromatic N) is 1. The van der Waals surface area contributed by atoms with Crippen LogP contribution in [0, 0.1) is 12.8 Å². The molecule has 1 aliphatic carbocycles. The highest BCUT2D eigenvalue weighted by Gasteiger charge is 2.28. The van der Waals surface area contributed by atoms with Crippen LogP contribution in [0.1, 0.15) is 43.7 Å². The van der Waals surface area contributed by atoms with Gasteiger partial charge < -0.3 is 5.73 Å². The van der Waals surface area contributed by atoms with E-state index in [1.165, 1.54) is 36.8 Å². The molecule has 0 saturated heterocycles. The molecule has 1 saturated carbocycles. The van der Waals surface area contributed by atoms with Crippen LogP contribution in [-0.4, -0.2) is 24.0 Å². The fourth-order valence-electron chi connectivity index (χ4n) is 3.41. The van der Waals surface area contributed by atoms with Gasteiger partial charge in [0.2, 0.25) is 0 Å². The standard InChI is InChI=1S/C17H28N2/c1-3-19(13-16-10-5-4-8-14(16)2)17-11-7-6-9-15(17)12-18/h4-5,8,10,15,17H,3,6-7,9,11-13,18H2,1-2H3. The summed E-state index contributed by atoms with van der Waals surface area (Å²) < 4.78 is 0. The Morgan fingerprint density at radius 2 is 1.95 bits per heavy atom. The molecular formula is C17H28N2. The van der Waals surface area contributed by atoms with Gasteiger partial charge in [0, 0.05) is 12.6 Å². The summed E-state index contributed by atoms with van der Waals surface area (Å²) in [4.78, 5) is 2.64. The van der Waals surface area contributed by atoms with Crippen LogP contribution in [0.15, 0.2) is 24.3 Å². The van der Waals surface area contributed by atoms with E-state index in [9.17, 15) is 0 Å². The number of hydrogen-bond donors (Lipinski definition) is 1. The minimum absolute atomic E-state index is 0.684. The lowest BCUT2D eigenvalue weighted by Gasteiger charge is -2.39. The summed E-state index contributed by atoms with van der Waals surface area (Å²) in [5.74, 6) is 0.692. The van der Waals surface area contributed by atoms with Crippen molar-refractivity contribution in [1.29, 1.82) is 0 Å². The summed E-state index contributed by atoms with van der Waals surface area (Å²) in [5.41, 5.74) is 8.85. The van der Waals surface area contributed by atoms with Gasteiger partial charge in [-0.15, -0.1) is 0 Å². The van der Waals surface area contributed by atoms with Crippen molar-refractivity contribution in [2.45, 2.75) is 52.1 Å². The van der Waals surface area contributed by atoms with Gasteiger partial charge in [0.15, 0.2) is 0 Å². The summed E-state index contributed by atoms with van der Waals surface area (Å²) in [6.45, 7) is 7.53. The Morgan fingerprint density at radius 3 is 2.63 bits per heavy atom. The maximum Gasteiger partial charge on any atom is 0.0239 e. The van der Waals surface area contributed by atoms with Crippen molar-refractivity contribution < 1.29 is 0 Å². The first-order chi connectivity index (χ1) is 9.26. The lowest BCUT2D eigenvalue weighted by molar-refractivity contribution is 0.105. The smallest absolute Gasteiger partial charge is 0.0239 e. The fourth-order valence-corrected chi connectivity index (χ4v) is 3.41. The van der Waals surface area contributed by atoms with Gasteiger partial charge >= 0.3 is 0 Å². The first kappa shape index (κ1) is 14.5. The zero-order chi connectivity index (χ0) is 13.7. The Kier molecular flexibility index (Phi) is 5.41. The molecule has 0 heterocycles. The summed E-state index contributed by atoms with van der Waals surface area (Å²) in [6, 6.07) is 9.43. The van der Waals surface area contributed by atoms with Crippen molar-refractivity contribution in [3.05, 3.63) is 35.4 Å². The van der Waals surface area contributed by atoms with Crippen LogP contribution in [0.2, 0.25) is 0 Å². The van der Waals surface area contributed by atoms with Gasteiger partial charge in [-0.2, -0.15) is 0 Å². The Morgan fingerprint density at radius 1 is 1.21 bits per heavy atom. The Balaban J connectivity index is 2.08. The molecule has 106 valence electrons. The number of rotatable bonds is 5. The number of benzene rings is 1. The van der Waals surface area contributed by atoms with Crippen molar-refractivity contribution in [1.82, 2.24) is 4.90 Å². The molecule has 0 bridgehead atoms. The molecule has 2 N–H and O–H groups in total. The van der Waals surface area contributed by atoms with E-state index in [0.717, 1.165) is 19.6 Å². The summed E-state index contributed by atoms with van der Waals surface area (Å²) in [6.07, 6.45) is 5.36. The van der Waals surface area contributed by atoms with Gasteiger partial charge in [0.1, 0.15) is 0 Å². The molecule has 0 aliphatic heterocycles. The van der Waals surface area contributed by atoms with Crippen molar-refractivity contribution in [3.63, 3.8) is 0 Å². The van der Waals surface area contributed by atoms with Crippen LogP contribution < -0.4 is 5.73 Å². The van der Waals surface area contributed by atoms with E-state index in [2.05, 4.69) is 43.0 Å². The normalized spacial score (nSPS) is 23.8. The van der Waals surface area contributed by atoms with E-state index in [4.69, 9.17) is 5.73 Å². The quantitative estimate of drug-likeness (QED) is 0.880. The average Bonchev–Trinajstić information content (AvgIpc) is 2.46. The first-order valence-corrected chi connectivity index (χ1v) is 7.74. The molecule has 1 fully saturated rings. The average molecular weight is 260 g/mol. The van der Waals surface area contributed by atoms with Crippen LogP contribution in [-0.2, 0) is 6.54 Å². The predicted octanol–water partition coefficient (Wildman–Crippen LogP) is 3.33. The summed E-state index contributed by atoms with van der Waals surface area (Å²) >= 11 is 0. The van der Waals surface area contributed by atoms with Crippen LogP contribution in [0.4, 0.5) is 0 Å². The SMILES string of the molecule is CCN(Cc1ccccc1C)C1CCCCC1CN. The number of hydrogen-bond acceptors (Lipinski definition) is 2. The van der Waals surface area contributed by atoms with E-state index in [1.54, 1.807) is 0 Å². The molecule has 2 rings (SSSR count). The molecule has 0 aromatic heterocycles. The third kappa shape index (κ3) is 3.58. The second-order valence-corrected chi connectivity index (χ2v) is 5.84. The summed E-state index contributed by atoms with van der Waals surface area (Å²) in [5, 5.41) is 0. The molecule has 2 nitrogen and oxygen atoms in total. The molecule has 0 radical (unpaired) electrons. The van der Waals surface area contributed by atoms with Gasteiger partial charge in [-0.05, 0) is 49.9 Å². The second kappa shape index (κ2) is 7.06. The Hall–Kier alpha value is -0.860. The highest BCUT2D eigenvalue weighted by atomic mass is 15.2. The third-order valence-electron chi connectivity index (χ3n) is 4.68. The zero-order valence-corrected chi connectivity index (χ0v) is 12.4. The number of nitrogens with two attached hydrogens (primary N) is 1. The highest BCUT2D eigenvalue weighted by molar-refractivity contribution is 5.25. The van der Waals surface area contributed by atoms with E-state index >= 15 is 0 Å². The zero-order valence-electron chi connectivity index (χ0n) is 12.4. The van der Waals surface area contributed by atoms with E-state index < -0.39 is 0 Å². The van der Waals surface area contributed by atoms with Gasteiger partial charge in [-0.3, -0.25) is 4.90 Å². The monoisotopic (exact) mass is 260 g/mol. The minimum atomic E-state index is 0.684. The first-order valence-electron chi connectivity index (χ1n) is 7.74. The molecule has 2 heteroatoms. The topological polar surface area (TPSA) is 29.3 Å². The van der Waals surface area contributed by atoms with Gasteiger partial charge in [0.25, 0.3) is 0 Å². The third-order valence-corrected chi connectivity index (χ3v) is 4.68. The Bertz CT molecular complexity index is 389. The lowest BCUT2D eigenvalue weighted by atomic mass is 9.83. The van der Waals surface area contributed by atoms with Crippen molar-refractivity contribution in [2.75, 3.05) is 13.1 Å². The van der Waals surface area contributed by atoms with Gasteiger partial charge in [-0.1, -0.05) is 44.0 Å². The maximum absolute atomic E-state index is 5.98. The molecule has 19 heavy (non-hydrogen) atoms. The van der Waals surface area contributed by atoms with Crippen LogP contribution >= 0.6 is 0 Å². The molecule has 1 aromatic carbocycles. The predicted molar refractivity (Wildman–Crippen MR) is 82.1 cm³/mol. The van der Waals surface area contributed by atoms with E-state index in [1.807, 2.05) is 0 Å². The van der Waals surface area contributed by atoms with E-state index in [-0.39, 0.29) is 0 Å². The van der Waals surface area contributed by atoms with Gasteiger partial charge in [-0.25, -0.2) is 0 Å². The van der Waals surface area contributed by atoms with Crippen LogP contribution in [0.5, 0.6) is 0 Å². The fraction of sp³-hybridized carbons (Fsp3) is 0.647. The molecule has 0 spiro atoms. The lowest BCUT2D eigenvalue weighted by Crippen LogP contribution is -2.44. The van der Waals surface area contributed by atoms with Crippen LogP contribution in [0.3, 0.4) is 0 Å². The van der Waals surface area contributed by atoms with Gasteiger partial charge in [0.05, 0.1) is 0 Å². The molecule has 2 atom stereocenters. The van der Waals surface area contributed by atoms with Crippen LogP contribution in [0.25, 0.3) is 0 Å². The van der Waals surface area contributed by atoms with Crippen molar-refractivity contribution >= 4 is 0 Å². The molecule has 1 aromatic rings. The highest BCUT2D eigenvalue weighted by Crippen LogP contribution is 2.29. The molecule has 0 amide bonds. The largest absolute Gasteiger partial charge is 0.330 e. The molecular weight excluding hydrogens is 232 g/mol. The minimum Gasteiger partial charge on any atom is -0.330 e. The van der Waals surface area contributed by atoms with Crippen molar-refractivity contribution in [2.24, 2.45) is 11.7 Å². The number of aryl methyl sites for hydroxylation is 1. The summed E-state index contributed by atoms with van der Waals surface area (Å²) in [7, 11) is 0. The second-order valence-electron chi connectivity index (χ2n) is 5.84. The van der Waals surface area contributed by atoms with Crippen molar-refractivity contribution in [3.8, 4) is 0 Å². The van der Waals surface area contributed by atoms with E-state index in [0.29, 0.717) is 12.0 Å². The molecule has 2 unspecified atom stereocenters. The molecule has 1 aliphatic rings.